The van der Waals surface area contributed by atoms with E-state index in [0.29, 0.717) is 37.1 Å². The van der Waals surface area contributed by atoms with Crippen molar-refractivity contribution in [3.05, 3.63) is 46.3 Å². The van der Waals surface area contributed by atoms with Gasteiger partial charge in [0.25, 0.3) is 0 Å². The first-order chi connectivity index (χ1) is 15.8. The number of anilines is 1. The van der Waals surface area contributed by atoms with Gasteiger partial charge in [-0.05, 0) is 32.8 Å². The highest BCUT2D eigenvalue weighted by atomic mass is 16.2. The lowest BCUT2D eigenvalue weighted by molar-refractivity contribution is -0.131. The highest BCUT2D eigenvalue weighted by Crippen LogP contribution is 2.21. The summed E-state index contributed by atoms with van der Waals surface area (Å²) < 4.78 is 1.69. The molecule has 0 aromatic carbocycles. The van der Waals surface area contributed by atoms with Crippen molar-refractivity contribution in [3.8, 4) is 6.07 Å². The van der Waals surface area contributed by atoms with Crippen molar-refractivity contribution >= 4 is 17.4 Å². The summed E-state index contributed by atoms with van der Waals surface area (Å²) in [7, 11) is 0. The van der Waals surface area contributed by atoms with E-state index < -0.39 is 0 Å². The van der Waals surface area contributed by atoms with E-state index in [-0.39, 0.29) is 11.8 Å². The van der Waals surface area contributed by atoms with Gasteiger partial charge in [0.2, 0.25) is 5.91 Å². The summed E-state index contributed by atoms with van der Waals surface area (Å²) in [6, 6.07) is 4.14. The number of carbonyl (C=O) groups excluding carboxylic acids is 1. The average molecular weight is 447 g/mol. The van der Waals surface area contributed by atoms with Crippen LogP contribution in [0, 0.1) is 32.1 Å². The van der Waals surface area contributed by atoms with E-state index in [1.165, 1.54) is 6.20 Å². The van der Waals surface area contributed by atoms with E-state index in [1.54, 1.807) is 4.52 Å². The highest BCUT2D eigenvalue weighted by molar-refractivity contribution is 5.77. The number of carbonyl (C=O) groups is 1. The normalized spacial score (nSPS) is 14.2. The summed E-state index contributed by atoms with van der Waals surface area (Å²) in [5, 5.41) is 13.5. The van der Waals surface area contributed by atoms with Gasteiger partial charge >= 0.3 is 0 Å². The fourth-order valence-electron chi connectivity index (χ4n) is 4.32. The molecule has 0 saturated carbocycles. The second-order valence-corrected chi connectivity index (χ2v) is 8.91. The smallest absolute Gasteiger partial charge is 0.223 e. The van der Waals surface area contributed by atoms with Crippen LogP contribution in [0.4, 0.5) is 5.82 Å². The molecule has 1 aliphatic rings. The molecule has 1 aliphatic heterocycles. The van der Waals surface area contributed by atoms with Crippen LogP contribution >= 0.6 is 0 Å². The van der Waals surface area contributed by atoms with Crippen molar-refractivity contribution in [1.29, 1.82) is 5.26 Å². The van der Waals surface area contributed by atoms with Crippen molar-refractivity contribution in [2.24, 2.45) is 0 Å². The monoisotopic (exact) mass is 446 g/mol. The number of aromatic nitrogens is 5. The van der Waals surface area contributed by atoms with Gasteiger partial charge < -0.3 is 9.80 Å². The van der Waals surface area contributed by atoms with Gasteiger partial charge in [0.1, 0.15) is 23.3 Å². The molecule has 0 bridgehead atoms. The predicted molar refractivity (Wildman–Crippen MR) is 125 cm³/mol. The third-order valence-corrected chi connectivity index (χ3v) is 6.25. The second kappa shape index (κ2) is 9.14. The van der Waals surface area contributed by atoms with Crippen molar-refractivity contribution < 1.29 is 4.79 Å². The Labute approximate surface area is 194 Å². The number of nitriles is 1. The Balaban J connectivity index is 1.39. The molecule has 1 saturated heterocycles. The lowest BCUT2D eigenvalue weighted by Gasteiger charge is -2.35. The van der Waals surface area contributed by atoms with Crippen LogP contribution in [0.25, 0.3) is 5.65 Å². The molecule has 9 heteroatoms. The second-order valence-electron chi connectivity index (χ2n) is 8.91. The maximum absolute atomic E-state index is 12.9. The summed E-state index contributed by atoms with van der Waals surface area (Å²) in [6.45, 7) is 13.0. The third-order valence-electron chi connectivity index (χ3n) is 6.25. The molecule has 1 fully saturated rings. The molecule has 33 heavy (non-hydrogen) atoms. The third kappa shape index (κ3) is 4.51. The fraction of sp³-hybridized carbons (Fsp3) is 0.500. The summed E-state index contributed by atoms with van der Waals surface area (Å²) in [5.74, 6) is 2.23. The maximum atomic E-state index is 12.9. The van der Waals surface area contributed by atoms with Gasteiger partial charge in [-0.1, -0.05) is 13.8 Å². The van der Waals surface area contributed by atoms with E-state index in [4.69, 9.17) is 4.98 Å². The van der Waals surface area contributed by atoms with Gasteiger partial charge in [-0.15, -0.1) is 0 Å². The molecule has 0 N–H and O–H groups in total. The van der Waals surface area contributed by atoms with Gasteiger partial charge in [0, 0.05) is 61.7 Å². The van der Waals surface area contributed by atoms with Crippen molar-refractivity contribution in [2.45, 2.75) is 53.4 Å². The summed E-state index contributed by atoms with van der Waals surface area (Å²) in [6.07, 6.45) is 2.56. The maximum Gasteiger partial charge on any atom is 0.223 e. The summed E-state index contributed by atoms with van der Waals surface area (Å²) in [5.41, 5.74) is 4.78. The number of hydrogen-bond donors (Lipinski definition) is 0. The first kappa shape index (κ1) is 22.6. The number of aryl methyl sites for hydroxylation is 3. The Morgan fingerprint density at radius 3 is 2.52 bits per heavy atom. The Morgan fingerprint density at radius 2 is 1.85 bits per heavy atom. The van der Waals surface area contributed by atoms with Gasteiger partial charge in [0.15, 0.2) is 5.65 Å². The lowest BCUT2D eigenvalue weighted by Crippen LogP contribution is -2.49. The van der Waals surface area contributed by atoms with E-state index in [9.17, 15) is 10.1 Å². The average Bonchev–Trinajstić information content (AvgIpc) is 3.21. The number of nitrogens with zero attached hydrogens (tertiary/aromatic N) is 8. The predicted octanol–water partition coefficient (Wildman–Crippen LogP) is 2.72. The molecular formula is C24H30N8O. The number of piperazine rings is 1. The van der Waals surface area contributed by atoms with Crippen molar-refractivity contribution in [2.75, 3.05) is 31.1 Å². The first-order valence-corrected chi connectivity index (χ1v) is 11.4. The molecule has 172 valence electrons. The summed E-state index contributed by atoms with van der Waals surface area (Å²) in [4.78, 5) is 30.9. The van der Waals surface area contributed by atoms with Crippen molar-refractivity contribution in [3.63, 3.8) is 0 Å². The molecule has 0 atom stereocenters. The molecular weight excluding hydrogens is 416 g/mol. The molecule has 3 aromatic heterocycles. The minimum Gasteiger partial charge on any atom is -0.353 e. The van der Waals surface area contributed by atoms with Crippen LogP contribution in [0.1, 0.15) is 60.2 Å². The number of rotatable bonds is 5. The molecule has 0 unspecified atom stereocenters. The van der Waals surface area contributed by atoms with Crippen LogP contribution in [0.5, 0.6) is 0 Å². The first-order valence-electron chi connectivity index (χ1n) is 11.4. The van der Waals surface area contributed by atoms with Gasteiger partial charge in [-0.25, -0.2) is 19.5 Å². The zero-order chi connectivity index (χ0) is 23.7. The molecule has 3 aromatic rings. The van der Waals surface area contributed by atoms with Gasteiger partial charge in [-0.3, -0.25) is 4.79 Å². The molecule has 4 heterocycles. The number of fused-ring (bicyclic) bond motifs is 1. The van der Waals surface area contributed by atoms with E-state index in [1.807, 2.05) is 31.7 Å². The van der Waals surface area contributed by atoms with Gasteiger partial charge in [-0.2, -0.15) is 10.4 Å². The molecule has 4 rings (SSSR count). The fourth-order valence-corrected chi connectivity index (χ4v) is 4.32. The van der Waals surface area contributed by atoms with E-state index in [2.05, 4.69) is 39.9 Å². The Kier molecular flexibility index (Phi) is 6.27. The Hall–Kier alpha value is -3.54. The zero-order valence-corrected chi connectivity index (χ0v) is 20.0. The molecule has 1 amide bonds. The highest BCUT2D eigenvalue weighted by Gasteiger charge is 2.23. The molecule has 9 nitrogen and oxygen atoms in total. The minimum absolute atomic E-state index is 0.147. The van der Waals surface area contributed by atoms with Crippen LogP contribution < -0.4 is 4.90 Å². The molecule has 0 aliphatic carbocycles. The van der Waals surface area contributed by atoms with Crippen LogP contribution in [0.3, 0.4) is 0 Å². The largest absolute Gasteiger partial charge is 0.353 e. The van der Waals surface area contributed by atoms with Crippen LogP contribution in [-0.2, 0) is 11.2 Å². The SMILES string of the molecule is Cc1cc(N2CCN(C(=O)CCc3c(C)nc4c(C#N)cnn4c3C)CC2)nc(C(C)C)n1. The van der Waals surface area contributed by atoms with E-state index in [0.717, 1.165) is 47.4 Å². The van der Waals surface area contributed by atoms with Crippen molar-refractivity contribution in [1.82, 2.24) is 29.5 Å². The van der Waals surface area contributed by atoms with E-state index >= 15 is 0 Å². The van der Waals surface area contributed by atoms with Gasteiger partial charge in [0.05, 0.1) is 6.20 Å². The number of amides is 1. The zero-order valence-electron chi connectivity index (χ0n) is 20.0. The lowest BCUT2D eigenvalue weighted by atomic mass is 10.1. The quantitative estimate of drug-likeness (QED) is 0.593. The van der Waals surface area contributed by atoms with Crippen LogP contribution in [0.2, 0.25) is 0 Å². The van der Waals surface area contributed by atoms with Crippen LogP contribution in [-0.4, -0.2) is 61.6 Å². The standard InChI is InChI=1S/C24H30N8O/c1-15(2)23-27-16(3)12-21(29-23)30-8-10-31(11-9-30)22(33)7-6-20-17(4)28-24-19(13-25)14-26-32(24)18(20)5/h12,14-15H,6-11H2,1-5H3. The number of hydrogen-bond acceptors (Lipinski definition) is 7. The topological polar surface area (TPSA) is 103 Å². The Morgan fingerprint density at radius 1 is 1.12 bits per heavy atom. The Bertz CT molecular complexity index is 1230. The molecule has 0 radical (unpaired) electrons. The van der Waals surface area contributed by atoms with Crippen LogP contribution in [0.15, 0.2) is 12.3 Å². The molecule has 0 spiro atoms. The summed E-state index contributed by atoms with van der Waals surface area (Å²) >= 11 is 0. The minimum atomic E-state index is 0.147.